The standard InChI is InChI=1S/C24H23N3O2/c1-16-8-10-19(11-9-16)27-21(23-20(24(27)29)7-4-12-25-23)14-22(28)26-15-18-6-3-5-17(2)13-18/h3-13,21H,14-15H2,1-2H3,(H,26,28). The van der Waals surface area contributed by atoms with Crippen molar-refractivity contribution in [1.29, 1.82) is 0 Å². The lowest BCUT2D eigenvalue weighted by molar-refractivity contribution is -0.121. The van der Waals surface area contributed by atoms with Crippen LogP contribution in [0.5, 0.6) is 0 Å². The first-order valence-corrected chi connectivity index (χ1v) is 9.70. The molecule has 0 aliphatic carbocycles. The fraction of sp³-hybridized carbons (Fsp3) is 0.208. The fourth-order valence-corrected chi connectivity index (χ4v) is 3.72. The SMILES string of the molecule is Cc1ccc(N2C(=O)c3cccnc3C2CC(=O)NCc2cccc(C)c2)cc1. The summed E-state index contributed by atoms with van der Waals surface area (Å²) in [6, 6.07) is 18.9. The molecular formula is C24H23N3O2. The van der Waals surface area contributed by atoms with E-state index in [1.165, 1.54) is 0 Å². The van der Waals surface area contributed by atoms with Crippen LogP contribution in [0.15, 0.2) is 66.9 Å². The molecule has 1 unspecified atom stereocenters. The number of anilines is 1. The van der Waals surface area contributed by atoms with Crippen LogP contribution in [0.25, 0.3) is 0 Å². The molecule has 3 aromatic rings. The van der Waals surface area contributed by atoms with Crippen LogP contribution in [0.4, 0.5) is 5.69 Å². The highest BCUT2D eigenvalue weighted by Gasteiger charge is 2.39. The summed E-state index contributed by atoms with van der Waals surface area (Å²) >= 11 is 0. The Morgan fingerprint density at radius 2 is 1.83 bits per heavy atom. The molecule has 1 aromatic heterocycles. The number of amides is 2. The van der Waals surface area contributed by atoms with E-state index >= 15 is 0 Å². The summed E-state index contributed by atoms with van der Waals surface area (Å²) in [5.74, 6) is -0.228. The first kappa shape index (κ1) is 18.9. The number of aromatic nitrogens is 1. The van der Waals surface area contributed by atoms with Crippen molar-refractivity contribution >= 4 is 17.5 Å². The molecule has 1 atom stereocenters. The zero-order chi connectivity index (χ0) is 20.4. The maximum Gasteiger partial charge on any atom is 0.260 e. The topological polar surface area (TPSA) is 62.3 Å². The van der Waals surface area contributed by atoms with Gasteiger partial charge in [0.1, 0.15) is 0 Å². The molecule has 0 saturated carbocycles. The van der Waals surface area contributed by atoms with Crippen molar-refractivity contribution < 1.29 is 9.59 Å². The molecule has 2 aromatic carbocycles. The summed E-state index contributed by atoms with van der Waals surface area (Å²) in [4.78, 5) is 31.9. The van der Waals surface area contributed by atoms with E-state index in [0.29, 0.717) is 17.8 Å². The average Bonchev–Trinajstić information content (AvgIpc) is 2.99. The van der Waals surface area contributed by atoms with E-state index in [4.69, 9.17) is 0 Å². The van der Waals surface area contributed by atoms with E-state index in [1.807, 2.05) is 56.3 Å². The summed E-state index contributed by atoms with van der Waals surface area (Å²) < 4.78 is 0. The molecule has 0 saturated heterocycles. The van der Waals surface area contributed by atoms with Crippen molar-refractivity contribution in [1.82, 2.24) is 10.3 Å². The molecule has 0 bridgehead atoms. The zero-order valence-electron chi connectivity index (χ0n) is 16.6. The van der Waals surface area contributed by atoms with Crippen molar-refractivity contribution in [2.45, 2.75) is 32.9 Å². The summed E-state index contributed by atoms with van der Waals surface area (Å²) in [7, 11) is 0. The van der Waals surface area contributed by atoms with Crippen molar-refractivity contribution in [3.8, 4) is 0 Å². The predicted molar refractivity (Wildman–Crippen MR) is 113 cm³/mol. The molecule has 0 radical (unpaired) electrons. The van der Waals surface area contributed by atoms with Gasteiger partial charge in [0.2, 0.25) is 5.91 Å². The number of hydrogen-bond donors (Lipinski definition) is 1. The third kappa shape index (κ3) is 3.90. The third-order valence-electron chi connectivity index (χ3n) is 5.18. The first-order chi connectivity index (χ1) is 14.0. The molecule has 29 heavy (non-hydrogen) atoms. The summed E-state index contributed by atoms with van der Waals surface area (Å²) in [6.07, 6.45) is 1.83. The van der Waals surface area contributed by atoms with E-state index in [2.05, 4.69) is 16.4 Å². The van der Waals surface area contributed by atoms with Gasteiger partial charge >= 0.3 is 0 Å². The molecule has 5 nitrogen and oxygen atoms in total. The number of nitrogens with zero attached hydrogens (tertiary/aromatic N) is 2. The molecule has 146 valence electrons. The van der Waals surface area contributed by atoms with Crippen LogP contribution in [-0.4, -0.2) is 16.8 Å². The predicted octanol–water partition coefficient (Wildman–Crippen LogP) is 4.11. The lowest BCUT2D eigenvalue weighted by Gasteiger charge is -2.24. The van der Waals surface area contributed by atoms with Gasteiger partial charge in [0.25, 0.3) is 5.91 Å². The molecule has 1 N–H and O–H groups in total. The van der Waals surface area contributed by atoms with Gasteiger partial charge in [-0.3, -0.25) is 19.5 Å². The van der Waals surface area contributed by atoms with Gasteiger partial charge in [0, 0.05) is 18.4 Å². The van der Waals surface area contributed by atoms with Crippen LogP contribution in [0.3, 0.4) is 0 Å². The molecule has 0 fully saturated rings. The summed E-state index contributed by atoms with van der Waals surface area (Å²) in [5, 5.41) is 2.98. The lowest BCUT2D eigenvalue weighted by atomic mass is 10.1. The van der Waals surface area contributed by atoms with Gasteiger partial charge in [-0.1, -0.05) is 47.5 Å². The normalized spacial score (nSPS) is 15.3. The number of pyridine rings is 1. The van der Waals surface area contributed by atoms with Crippen LogP contribution in [0.1, 0.15) is 45.2 Å². The van der Waals surface area contributed by atoms with Gasteiger partial charge in [-0.2, -0.15) is 0 Å². The maximum atomic E-state index is 13.0. The van der Waals surface area contributed by atoms with Crippen LogP contribution < -0.4 is 10.2 Å². The van der Waals surface area contributed by atoms with E-state index in [9.17, 15) is 9.59 Å². The van der Waals surface area contributed by atoms with Gasteiger partial charge in [0.05, 0.1) is 23.7 Å². The average molecular weight is 385 g/mol. The number of nitrogens with one attached hydrogen (secondary N) is 1. The number of aryl methyl sites for hydroxylation is 2. The van der Waals surface area contributed by atoms with E-state index in [1.54, 1.807) is 23.2 Å². The number of hydrogen-bond acceptors (Lipinski definition) is 3. The molecule has 1 aliphatic heterocycles. The second kappa shape index (κ2) is 7.87. The van der Waals surface area contributed by atoms with Gasteiger partial charge in [0.15, 0.2) is 0 Å². The Balaban J connectivity index is 1.56. The van der Waals surface area contributed by atoms with Crippen molar-refractivity contribution in [3.63, 3.8) is 0 Å². The Labute approximate surface area is 170 Å². The van der Waals surface area contributed by atoms with E-state index in [-0.39, 0.29) is 18.2 Å². The number of carbonyl (C=O) groups excluding carboxylic acids is 2. The van der Waals surface area contributed by atoms with Gasteiger partial charge in [-0.05, 0) is 43.7 Å². The Hall–Kier alpha value is -3.47. The third-order valence-corrected chi connectivity index (χ3v) is 5.18. The van der Waals surface area contributed by atoms with Crippen LogP contribution >= 0.6 is 0 Å². The Kier molecular flexibility index (Phi) is 5.12. The fourth-order valence-electron chi connectivity index (χ4n) is 3.72. The first-order valence-electron chi connectivity index (χ1n) is 9.70. The molecule has 1 aliphatic rings. The lowest BCUT2D eigenvalue weighted by Crippen LogP contribution is -2.33. The highest BCUT2D eigenvalue weighted by atomic mass is 16.2. The van der Waals surface area contributed by atoms with Gasteiger partial charge in [-0.25, -0.2) is 0 Å². The maximum absolute atomic E-state index is 13.0. The summed E-state index contributed by atoms with van der Waals surface area (Å²) in [5.41, 5.74) is 5.31. The monoisotopic (exact) mass is 385 g/mol. The number of benzene rings is 2. The Morgan fingerprint density at radius 3 is 2.59 bits per heavy atom. The van der Waals surface area contributed by atoms with Crippen molar-refractivity contribution in [3.05, 3.63) is 94.8 Å². The Bertz CT molecular complexity index is 1060. The minimum Gasteiger partial charge on any atom is -0.352 e. The highest BCUT2D eigenvalue weighted by Crippen LogP contribution is 2.38. The molecule has 4 rings (SSSR count). The largest absolute Gasteiger partial charge is 0.352 e. The molecule has 2 amide bonds. The van der Waals surface area contributed by atoms with Crippen LogP contribution in [0.2, 0.25) is 0 Å². The molecule has 5 heteroatoms. The number of fused-ring (bicyclic) bond motifs is 1. The van der Waals surface area contributed by atoms with Crippen LogP contribution in [-0.2, 0) is 11.3 Å². The minimum atomic E-state index is -0.418. The minimum absolute atomic E-state index is 0.111. The van der Waals surface area contributed by atoms with E-state index in [0.717, 1.165) is 22.4 Å². The highest BCUT2D eigenvalue weighted by molar-refractivity contribution is 6.11. The Morgan fingerprint density at radius 1 is 1.03 bits per heavy atom. The summed E-state index contributed by atoms with van der Waals surface area (Å²) in [6.45, 7) is 4.49. The smallest absolute Gasteiger partial charge is 0.260 e. The second-order valence-corrected chi connectivity index (χ2v) is 7.43. The molecule has 2 heterocycles. The quantitative estimate of drug-likeness (QED) is 0.719. The zero-order valence-corrected chi connectivity index (χ0v) is 16.6. The number of rotatable bonds is 5. The number of carbonyl (C=O) groups is 2. The van der Waals surface area contributed by atoms with Gasteiger partial charge in [-0.15, -0.1) is 0 Å². The van der Waals surface area contributed by atoms with Crippen LogP contribution in [0, 0.1) is 13.8 Å². The molecular weight excluding hydrogens is 362 g/mol. The molecule has 0 spiro atoms. The van der Waals surface area contributed by atoms with E-state index < -0.39 is 6.04 Å². The second-order valence-electron chi connectivity index (χ2n) is 7.43. The van der Waals surface area contributed by atoms with Gasteiger partial charge < -0.3 is 5.32 Å². The van der Waals surface area contributed by atoms with Crippen molar-refractivity contribution in [2.75, 3.05) is 4.90 Å². The van der Waals surface area contributed by atoms with Crippen molar-refractivity contribution in [2.24, 2.45) is 0 Å².